The number of halogens is 2. The first-order valence-electron chi connectivity index (χ1n) is 11.8. The van der Waals surface area contributed by atoms with E-state index in [2.05, 4.69) is 6.92 Å². The molecule has 4 aliphatic carbocycles. The molecule has 3 saturated carbocycles. The summed E-state index contributed by atoms with van der Waals surface area (Å²) in [5, 5.41) is 11.5. The Balaban J connectivity index is 1.74. The van der Waals surface area contributed by atoms with Crippen molar-refractivity contribution in [3.8, 4) is 0 Å². The molecule has 0 heterocycles. The van der Waals surface area contributed by atoms with Crippen molar-refractivity contribution in [3.63, 3.8) is 0 Å². The third-order valence-corrected chi connectivity index (χ3v) is 9.19. The third-order valence-electron chi connectivity index (χ3n) is 8.84. The van der Waals surface area contributed by atoms with Gasteiger partial charge in [0.25, 0.3) is 0 Å². The van der Waals surface area contributed by atoms with E-state index < -0.39 is 39.3 Å². The molecule has 3 fully saturated rings. The van der Waals surface area contributed by atoms with Gasteiger partial charge in [-0.05, 0) is 62.5 Å². The second kappa shape index (κ2) is 8.69. The van der Waals surface area contributed by atoms with E-state index in [0.29, 0.717) is 19.3 Å². The molecule has 6 nitrogen and oxygen atoms in total. The number of alkyl halides is 2. The van der Waals surface area contributed by atoms with Crippen LogP contribution in [0.15, 0.2) is 23.8 Å². The zero-order valence-electron chi connectivity index (χ0n) is 19.3. The number of ketones is 1. The van der Waals surface area contributed by atoms with Gasteiger partial charge in [-0.25, -0.2) is 9.59 Å². The Morgan fingerprint density at radius 1 is 1.27 bits per heavy atom. The summed E-state index contributed by atoms with van der Waals surface area (Å²) < 4.78 is 11.3. The molecule has 4 rings (SSSR count). The molecule has 0 aromatic rings. The summed E-state index contributed by atoms with van der Waals surface area (Å²) in [4.78, 5) is 36.5. The molecule has 4 aliphatic rings. The normalized spacial score (nSPS) is 41.7. The number of rotatable bonds is 5. The van der Waals surface area contributed by atoms with E-state index in [1.165, 1.54) is 0 Å². The maximum Gasteiger partial charge on any atom is 0.351 e. The highest BCUT2D eigenvalue weighted by Crippen LogP contribution is 2.68. The molecular formula is C25H32Cl2O6. The summed E-state index contributed by atoms with van der Waals surface area (Å²) in [6.07, 6.45) is 7.91. The first-order chi connectivity index (χ1) is 15.5. The van der Waals surface area contributed by atoms with Crippen LogP contribution in [0.1, 0.15) is 59.3 Å². The summed E-state index contributed by atoms with van der Waals surface area (Å²) in [5.41, 5.74) is -1.74. The quantitative estimate of drug-likeness (QED) is 0.448. The second-order valence-electron chi connectivity index (χ2n) is 10.4. The van der Waals surface area contributed by atoms with Crippen LogP contribution < -0.4 is 0 Å². The number of aliphatic hydroxyl groups is 1. The lowest BCUT2D eigenvalue weighted by Gasteiger charge is -2.59. The van der Waals surface area contributed by atoms with Gasteiger partial charge in [0.05, 0.1) is 12.7 Å². The zero-order chi connectivity index (χ0) is 24.2. The predicted octanol–water partition coefficient (Wildman–Crippen LogP) is 4.30. The van der Waals surface area contributed by atoms with Crippen molar-refractivity contribution in [2.45, 2.75) is 75.8 Å². The molecule has 0 aromatic heterocycles. The summed E-state index contributed by atoms with van der Waals surface area (Å²) >= 11 is 11.6. The van der Waals surface area contributed by atoms with E-state index in [1.807, 2.05) is 19.9 Å². The maximum atomic E-state index is 13.4. The lowest BCUT2D eigenvalue weighted by atomic mass is 9.46. The van der Waals surface area contributed by atoms with Crippen LogP contribution in [0, 0.1) is 28.6 Å². The van der Waals surface area contributed by atoms with E-state index in [0.717, 1.165) is 18.4 Å². The number of hydrogen-bond acceptors (Lipinski definition) is 6. The van der Waals surface area contributed by atoms with Gasteiger partial charge < -0.3 is 14.6 Å². The van der Waals surface area contributed by atoms with Gasteiger partial charge >= 0.3 is 11.9 Å². The average Bonchev–Trinajstić information content (AvgIpc) is 3.04. The lowest BCUT2D eigenvalue weighted by Crippen LogP contribution is -2.63. The summed E-state index contributed by atoms with van der Waals surface area (Å²) in [6, 6.07) is 0. The fourth-order valence-electron chi connectivity index (χ4n) is 7.39. The summed E-state index contributed by atoms with van der Waals surface area (Å²) in [7, 11) is 0. The van der Waals surface area contributed by atoms with Gasteiger partial charge in [-0.2, -0.15) is 0 Å². The Labute approximate surface area is 204 Å². The van der Waals surface area contributed by atoms with Crippen LogP contribution in [0.3, 0.4) is 0 Å². The monoisotopic (exact) mass is 498 g/mol. The molecule has 7 atom stereocenters. The molecule has 0 radical (unpaired) electrons. The van der Waals surface area contributed by atoms with Crippen LogP contribution in [0.4, 0.5) is 0 Å². The number of esters is 2. The zero-order valence-corrected chi connectivity index (χ0v) is 20.8. The molecule has 0 aliphatic heterocycles. The second-order valence-corrected chi connectivity index (χ2v) is 11.5. The van der Waals surface area contributed by atoms with Gasteiger partial charge in [-0.3, -0.25) is 4.79 Å². The molecule has 1 N–H and O–H groups in total. The highest BCUT2D eigenvalue weighted by Gasteiger charge is 2.71. The van der Waals surface area contributed by atoms with Crippen LogP contribution in [0.5, 0.6) is 0 Å². The van der Waals surface area contributed by atoms with E-state index in [1.54, 1.807) is 12.2 Å². The van der Waals surface area contributed by atoms with Crippen LogP contribution in [0.2, 0.25) is 0 Å². The van der Waals surface area contributed by atoms with Crippen molar-refractivity contribution in [2.75, 3.05) is 6.61 Å². The minimum absolute atomic E-state index is 0.0155. The Hall–Kier alpha value is -1.37. The van der Waals surface area contributed by atoms with Crippen molar-refractivity contribution in [3.05, 3.63) is 23.8 Å². The molecule has 182 valence electrons. The van der Waals surface area contributed by atoms with E-state index in [-0.39, 0.29) is 36.6 Å². The SMILES string of the molecule is CCCOC(=O)[C@@]1(OC(=O)C(Cl)Cl)CC[C@H]2[C@@H]3CCC4=CC(=O)C=C[C@]4(C)[C@H]3[C@@H](O)C[C@@]21C. The standard InChI is InChI=1S/C25H32Cl2O6/c1-4-11-32-22(31)25(33-21(30)20(26)27)10-8-17-16-6-5-14-12-15(28)7-9-23(14,2)19(16)18(29)13-24(17,25)3/h7,9,12,16-20,29H,4-6,8,10-11,13H2,1-3H3/t16-,17-,18-,19+,23-,24-,25-/m0/s1. The van der Waals surface area contributed by atoms with E-state index in [9.17, 15) is 19.5 Å². The van der Waals surface area contributed by atoms with Crippen molar-refractivity contribution in [2.24, 2.45) is 28.6 Å². The maximum absolute atomic E-state index is 13.4. The molecule has 0 aromatic carbocycles. The van der Waals surface area contributed by atoms with Crippen molar-refractivity contribution >= 4 is 40.9 Å². The van der Waals surface area contributed by atoms with Crippen LogP contribution in [-0.2, 0) is 23.9 Å². The number of carbonyl (C=O) groups excluding carboxylic acids is 3. The molecule has 0 saturated heterocycles. The lowest BCUT2D eigenvalue weighted by molar-refractivity contribution is -0.212. The third kappa shape index (κ3) is 3.68. The fourth-order valence-corrected chi connectivity index (χ4v) is 7.47. The number of hydrogen-bond donors (Lipinski definition) is 1. The van der Waals surface area contributed by atoms with E-state index >= 15 is 0 Å². The van der Waals surface area contributed by atoms with Crippen LogP contribution in [-0.4, -0.2) is 46.0 Å². The number of carbonyl (C=O) groups is 3. The summed E-state index contributed by atoms with van der Waals surface area (Å²) in [6.45, 7) is 6.12. The van der Waals surface area contributed by atoms with Crippen molar-refractivity contribution in [1.29, 1.82) is 0 Å². The first kappa shape index (κ1) is 24.7. The number of aliphatic hydroxyl groups excluding tert-OH is 1. The number of ether oxygens (including phenoxy) is 2. The highest BCUT2D eigenvalue weighted by molar-refractivity contribution is 6.53. The Morgan fingerprint density at radius 2 is 2.00 bits per heavy atom. The molecular weight excluding hydrogens is 467 g/mol. The predicted molar refractivity (Wildman–Crippen MR) is 124 cm³/mol. The minimum atomic E-state index is -1.55. The van der Waals surface area contributed by atoms with Gasteiger partial charge in [-0.1, -0.05) is 55.6 Å². The first-order valence-corrected chi connectivity index (χ1v) is 12.7. The van der Waals surface area contributed by atoms with Gasteiger partial charge in [-0.15, -0.1) is 0 Å². The molecule has 0 unspecified atom stereocenters. The largest absolute Gasteiger partial charge is 0.463 e. The van der Waals surface area contributed by atoms with Gasteiger partial charge in [0, 0.05) is 16.7 Å². The van der Waals surface area contributed by atoms with E-state index in [4.69, 9.17) is 32.7 Å². The Morgan fingerprint density at radius 3 is 2.67 bits per heavy atom. The Bertz CT molecular complexity index is 913. The summed E-state index contributed by atoms with van der Waals surface area (Å²) in [5.74, 6) is -1.44. The fraction of sp³-hybridized carbons (Fsp3) is 0.720. The van der Waals surface area contributed by atoms with Crippen LogP contribution in [0.25, 0.3) is 0 Å². The smallest absolute Gasteiger partial charge is 0.351 e. The minimum Gasteiger partial charge on any atom is -0.463 e. The average molecular weight is 499 g/mol. The van der Waals surface area contributed by atoms with Crippen LogP contribution >= 0.6 is 23.2 Å². The molecule has 0 spiro atoms. The number of allylic oxidation sites excluding steroid dienone is 4. The Kier molecular flexibility index (Phi) is 6.52. The van der Waals surface area contributed by atoms with Gasteiger partial charge in [0.15, 0.2) is 5.78 Å². The molecule has 0 amide bonds. The van der Waals surface area contributed by atoms with Crippen molar-refractivity contribution in [1.82, 2.24) is 0 Å². The number of fused-ring (bicyclic) bond motifs is 5. The van der Waals surface area contributed by atoms with Crippen molar-refractivity contribution < 1.29 is 29.0 Å². The molecule has 0 bridgehead atoms. The van der Waals surface area contributed by atoms with Gasteiger partial charge in [0.1, 0.15) is 0 Å². The van der Waals surface area contributed by atoms with Gasteiger partial charge in [0.2, 0.25) is 10.4 Å². The molecule has 33 heavy (non-hydrogen) atoms. The topological polar surface area (TPSA) is 89.9 Å². The molecule has 8 heteroatoms. The highest BCUT2D eigenvalue weighted by atomic mass is 35.5.